The zero-order valence-electron chi connectivity index (χ0n) is 16.2. The average molecular weight is 394 g/mol. The van der Waals surface area contributed by atoms with E-state index in [-0.39, 0.29) is 12.5 Å². The summed E-state index contributed by atoms with van der Waals surface area (Å²) in [7, 11) is 0. The fourth-order valence-electron chi connectivity index (χ4n) is 3.56. The lowest BCUT2D eigenvalue weighted by Crippen LogP contribution is -2.29. The van der Waals surface area contributed by atoms with Gasteiger partial charge in [0.05, 0.1) is 18.6 Å². The molecule has 4 rings (SSSR count). The SMILES string of the molecule is Cc1cc(-c2cccc(N3C=NN(C/C(=C/F)CN)C3)n2)cc2c1NC(=O)CC2. The third-order valence-corrected chi connectivity index (χ3v) is 5.10. The van der Waals surface area contributed by atoms with Crippen LogP contribution < -0.4 is 16.0 Å². The topological polar surface area (TPSA) is 86.8 Å². The van der Waals surface area contributed by atoms with E-state index in [1.807, 2.05) is 36.1 Å². The number of carbonyl (C=O) groups excluding carboxylic acids is 1. The first kappa shape index (κ1) is 19.1. The quantitative estimate of drug-likeness (QED) is 0.814. The molecule has 0 bridgehead atoms. The second-order valence-corrected chi connectivity index (χ2v) is 7.23. The van der Waals surface area contributed by atoms with Crippen LogP contribution in [0.4, 0.5) is 15.9 Å². The summed E-state index contributed by atoms with van der Waals surface area (Å²) in [5.41, 5.74) is 11.0. The van der Waals surface area contributed by atoms with Crippen LogP contribution in [0.5, 0.6) is 0 Å². The highest BCUT2D eigenvalue weighted by Gasteiger charge is 2.20. The third kappa shape index (κ3) is 3.97. The molecule has 0 atom stereocenters. The lowest BCUT2D eigenvalue weighted by atomic mass is 9.95. The van der Waals surface area contributed by atoms with Crippen molar-refractivity contribution in [2.45, 2.75) is 19.8 Å². The van der Waals surface area contributed by atoms with Gasteiger partial charge in [0.25, 0.3) is 0 Å². The Labute approximate surface area is 168 Å². The van der Waals surface area contributed by atoms with E-state index < -0.39 is 0 Å². The predicted molar refractivity (Wildman–Crippen MR) is 112 cm³/mol. The van der Waals surface area contributed by atoms with Crippen molar-refractivity contribution in [3.05, 3.63) is 53.4 Å². The van der Waals surface area contributed by atoms with E-state index in [1.165, 1.54) is 0 Å². The summed E-state index contributed by atoms with van der Waals surface area (Å²) in [6, 6.07) is 9.98. The number of hydrazone groups is 1. The summed E-state index contributed by atoms with van der Waals surface area (Å²) >= 11 is 0. The number of halogens is 1. The number of pyridine rings is 1. The summed E-state index contributed by atoms with van der Waals surface area (Å²) in [5.74, 6) is 0.822. The minimum atomic E-state index is 0.0618. The first-order chi connectivity index (χ1) is 14.1. The lowest BCUT2D eigenvalue weighted by molar-refractivity contribution is -0.116. The summed E-state index contributed by atoms with van der Waals surface area (Å²) < 4.78 is 12.8. The molecule has 3 N–H and O–H groups in total. The van der Waals surface area contributed by atoms with Gasteiger partial charge in [0, 0.05) is 24.2 Å². The number of amides is 1. The zero-order valence-corrected chi connectivity index (χ0v) is 16.2. The molecule has 0 saturated heterocycles. The molecular formula is C21H23FN6O. The van der Waals surface area contributed by atoms with E-state index in [4.69, 9.17) is 10.7 Å². The summed E-state index contributed by atoms with van der Waals surface area (Å²) in [4.78, 5) is 18.4. The maximum absolute atomic E-state index is 12.8. The normalized spacial score (nSPS) is 16.2. The van der Waals surface area contributed by atoms with E-state index in [2.05, 4.69) is 16.5 Å². The summed E-state index contributed by atoms with van der Waals surface area (Å²) in [6.45, 7) is 2.98. The standard InChI is InChI=1S/C21H23FN6O/c1-14-7-17(8-16-5-6-20(29)26-21(14)16)18-3-2-4-19(25-18)27-12-24-28(13-27)11-15(9-22)10-23/h2-4,7-9,12H,5-6,10-11,13,23H2,1H3,(H,26,29)/b15-9+. The molecule has 150 valence electrons. The second kappa shape index (κ2) is 8.00. The molecule has 2 aromatic rings. The van der Waals surface area contributed by atoms with Crippen LogP contribution in [0.3, 0.4) is 0 Å². The van der Waals surface area contributed by atoms with Gasteiger partial charge in [-0.3, -0.25) is 14.7 Å². The van der Waals surface area contributed by atoms with Crippen molar-refractivity contribution in [1.29, 1.82) is 0 Å². The highest BCUT2D eigenvalue weighted by molar-refractivity contribution is 5.95. The van der Waals surface area contributed by atoms with Gasteiger partial charge in [-0.15, -0.1) is 0 Å². The molecule has 2 aliphatic rings. The molecule has 0 fully saturated rings. The number of nitrogens with zero attached hydrogens (tertiary/aromatic N) is 4. The van der Waals surface area contributed by atoms with Gasteiger partial charge in [0.1, 0.15) is 18.8 Å². The molecule has 0 aliphatic carbocycles. The van der Waals surface area contributed by atoms with Crippen LogP contribution in [-0.2, 0) is 11.2 Å². The Balaban J connectivity index is 1.55. The molecule has 0 radical (unpaired) electrons. The first-order valence-corrected chi connectivity index (χ1v) is 9.52. The Bertz CT molecular complexity index is 1000. The number of aromatic nitrogens is 1. The molecule has 0 saturated carbocycles. The molecule has 1 amide bonds. The highest BCUT2D eigenvalue weighted by Crippen LogP contribution is 2.32. The number of hydrogen-bond donors (Lipinski definition) is 2. The largest absolute Gasteiger partial charge is 0.327 e. The van der Waals surface area contributed by atoms with Crippen LogP contribution in [-0.4, -0.2) is 42.0 Å². The summed E-state index contributed by atoms with van der Waals surface area (Å²) in [5, 5.41) is 9.00. The maximum atomic E-state index is 12.8. The van der Waals surface area contributed by atoms with Gasteiger partial charge in [-0.2, -0.15) is 5.10 Å². The molecule has 1 aromatic heterocycles. The predicted octanol–water partition coefficient (Wildman–Crippen LogP) is 2.78. The number of benzene rings is 1. The number of aryl methyl sites for hydroxylation is 2. The fraction of sp³-hybridized carbons (Fsp3) is 0.286. The van der Waals surface area contributed by atoms with Crippen LogP contribution in [0, 0.1) is 6.92 Å². The molecule has 0 spiro atoms. The average Bonchev–Trinajstić information content (AvgIpc) is 3.21. The van der Waals surface area contributed by atoms with Gasteiger partial charge in [-0.1, -0.05) is 6.07 Å². The van der Waals surface area contributed by atoms with E-state index in [0.29, 0.717) is 31.5 Å². The van der Waals surface area contributed by atoms with E-state index >= 15 is 0 Å². The van der Waals surface area contributed by atoms with Crippen LogP contribution >= 0.6 is 0 Å². The Kier molecular flexibility index (Phi) is 5.26. The summed E-state index contributed by atoms with van der Waals surface area (Å²) in [6.07, 6.45) is 3.46. The molecule has 3 heterocycles. The minimum absolute atomic E-state index is 0.0618. The monoisotopic (exact) mass is 394 g/mol. The van der Waals surface area contributed by atoms with E-state index in [0.717, 1.165) is 40.3 Å². The number of fused-ring (bicyclic) bond motifs is 1. The highest BCUT2D eigenvalue weighted by atomic mass is 19.1. The van der Waals surface area contributed by atoms with E-state index in [1.54, 1.807) is 11.3 Å². The molecular weight excluding hydrogens is 371 g/mol. The molecule has 2 aliphatic heterocycles. The molecule has 7 nitrogen and oxygen atoms in total. The minimum Gasteiger partial charge on any atom is -0.327 e. The van der Waals surface area contributed by atoms with Gasteiger partial charge in [-0.25, -0.2) is 9.37 Å². The Hall–Kier alpha value is -3.26. The van der Waals surface area contributed by atoms with Gasteiger partial charge in [-0.05, 0) is 54.3 Å². The number of nitrogens with one attached hydrogen (secondary N) is 1. The molecule has 0 unspecified atom stereocenters. The second-order valence-electron chi connectivity index (χ2n) is 7.23. The number of hydrogen-bond acceptors (Lipinski definition) is 6. The number of nitrogens with two attached hydrogens (primary N) is 1. The molecule has 1 aromatic carbocycles. The number of rotatable bonds is 5. The fourth-order valence-corrected chi connectivity index (χ4v) is 3.56. The maximum Gasteiger partial charge on any atom is 0.224 e. The number of carbonyl (C=O) groups is 1. The van der Waals surface area contributed by atoms with Crippen LogP contribution in [0.1, 0.15) is 17.5 Å². The third-order valence-electron chi connectivity index (χ3n) is 5.10. The van der Waals surface area contributed by atoms with Crippen molar-refractivity contribution in [2.75, 3.05) is 30.0 Å². The van der Waals surface area contributed by atoms with E-state index in [9.17, 15) is 9.18 Å². The lowest BCUT2D eigenvalue weighted by Gasteiger charge is -2.21. The Morgan fingerprint density at radius 3 is 3.00 bits per heavy atom. The van der Waals surface area contributed by atoms with Crippen molar-refractivity contribution in [1.82, 2.24) is 9.99 Å². The van der Waals surface area contributed by atoms with Crippen LogP contribution in [0.15, 0.2) is 47.3 Å². The molecule has 29 heavy (non-hydrogen) atoms. The van der Waals surface area contributed by atoms with Crippen molar-refractivity contribution >= 4 is 23.8 Å². The smallest absolute Gasteiger partial charge is 0.224 e. The van der Waals surface area contributed by atoms with Gasteiger partial charge >= 0.3 is 0 Å². The van der Waals surface area contributed by atoms with Crippen molar-refractivity contribution < 1.29 is 9.18 Å². The zero-order chi connectivity index (χ0) is 20.4. The van der Waals surface area contributed by atoms with Crippen molar-refractivity contribution in [3.8, 4) is 11.3 Å². The van der Waals surface area contributed by atoms with Gasteiger partial charge in [0.2, 0.25) is 5.91 Å². The van der Waals surface area contributed by atoms with Gasteiger partial charge in [0.15, 0.2) is 0 Å². The van der Waals surface area contributed by atoms with Crippen LogP contribution in [0.25, 0.3) is 11.3 Å². The van der Waals surface area contributed by atoms with Crippen molar-refractivity contribution in [3.63, 3.8) is 0 Å². The number of anilines is 2. The Morgan fingerprint density at radius 2 is 2.21 bits per heavy atom. The van der Waals surface area contributed by atoms with Gasteiger partial charge < -0.3 is 11.1 Å². The van der Waals surface area contributed by atoms with Crippen molar-refractivity contribution in [2.24, 2.45) is 10.8 Å². The Morgan fingerprint density at radius 1 is 1.34 bits per heavy atom. The molecule has 8 heteroatoms. The van der Waals surface area contributed by atoms with Crippen LogP contribution in [0.2, 0.25) is 0 Å². The first-order valence-electron chi connectivity index (χ1n) is 9.52.